The van der Waals surface area contributed by atoms with Crippen molar-refractivity contribution in [2.24, 2.45) is 0 Å². The van der Waals surface area contributed by atoms with Crippen LogP contribution in [0, 0.1) is 0 Å². The molecule has 0 saturated heterocycles. The summed E-state index contributed by atoms with van der Waals surface area (Å²) in [4.78, 5) is 19.1. The molecule has 7 nitrogen and oxygen atoms in total. The first kappa shape index (κ1) is 18.6. The minimum absolute atomic E-state index is 0.127. The molecule has 1 aliphatic heterocycles. The standard InChI is InChI=1S/C22H20N4O3S/c1-13(2)26-21-16(12-23-26)15(11-17(25-21)20-4-3-9-30-20)22(27)24-14-5-6-18-19(10-14)29-8-7-28-18/h3-6,9-13H,7-8H2,1-2H3,(H,24,27). The number of carbonyl (C=O) groups is 1. The maximum Gasteiger partial charge on any atom is 0.256 e. The summed E-state index contributed by atoms with van der Waals surface area (Å²) in [5.74, 6) is 1.09. The van der Waals surface area contributed by atoms with Crippen molar-refractivity contribution in [2.45, 2.75) is 19.9 Å². The highest BCUT2D eigenvalue weighted by atomic mass is 32.1. The number of thiophene rings is 1. The van der Waals surface area contributed by atoms with E-state index in [-0.39, 0.29) is 11.9 Å². The lowest BCUT2D eigenvalue weighted by Gasteiger charge is -2.19. The van der Waals surface area contributed by atoms with E-state index in [0.29, 0.717) is 41.6 Å². The van der Waals surface area contributed by atoms with Crippen LogP contribution in [0.15, 0.2) is 48.0 Å². The van der Waals surface area contributed by atoms with Crippen LogP contribution in [-0.2, 0) is 0 Å². The molecule has 0 saturated carbocycles. The summed E-state index contributed by atoms with van der Waals surface area (Å²) < 4.78 is 13.0. The Morgan fingerprint density at radius 3 is 2.77 bits per heavy atom. The first-order valence-electron chi connectivity index (χ1n) is 9.73. The van der Waals surface area contributed by atoms with Gasteiger partial charge in [0.15, 0.2) is 17.1 Å². The summed E-state index contributed by atoms with van der Waals surface area (Å²) in [6.45, 7) is 5.11. The number of hydrogen-bond donors (Lipinski definition) is 1. The van der Waals surface area contributed by atoms with Gasteiger partial charge in [-0.3, -0.25) is 4.79 Å². The summed E-state index contributed by atoms with van der Waals surface area (Å²) in [6.07, 6.45) is 1.71. The predicted octanol–water partition coefficient (Wildman–Crippen LogP) is 4.76. The molecule has 1 amide bonds. The van der Waals surface area contributed by atoms with Crippen molar-refractivity contribution >= 4 is 34.0 Å². The second-order valence-electron chi connectivity index (χ2n) is 7.27. The third kappa shape index (κ3) is 3.29. The summed E-state index contributed by atoms with van der Waals surface area (Å²) in [5.41, 5.74) is 2.63. The molecule has 0 bridgehead atoms. The third-order valence-corrected chi connectivity index (χ3v) is 5.77. The normalized spacial score (nSPS) is 13.0. The van der Waals surface area contributed by atoms with Crippen molar-refractivity contribution in [1.82, 2.24) is 14.8 Å². The minimum atomic E-state index is -0.222. The average molecular weight is 420 g/mol. The Morgan fingerprint density at radius 1 is 1.17 bits per heavy atom. The fourth-order valence-electron chi connectivity index (χ4n) is 3.45. The van der Waals surface area contributed by atoms with E-state index in [1.807, 2.05) is 48.2 Å². The topological polar surface area (TPSA) is 78.3 Å². The Hall–Kier alpha value is -3.39. The maximum absolute atomic E-state index is 13.3. The maximum atomic E-state index is 13.3. The van der Waals surface area contributed by atoms with Gasteiger partial charge in [0.25, 0.3) is 5.91 Å². The third-order valence-electron chi connectivity index (χ3n) is 4.87. The van der Waals surface area contributed by atoms with Gasteiger partial charge < -0.3 is 14.8 Å². The minimum Gasteiger partial charge on any atom is -0.486 e. The van der Waals surface area contributed by atoms with Crippen molar-refractivity contribution < 1.29 is 14.3 Å². The second kappa shape index (κ2) is 7.46. The van der Waals surface area contributed by atoms with Crippen LogP contribution >= 0.6 is 11.3 Å². The molecule has 8 heteroatoms. The van der Waals surface area contributed by atoms with Gasteiger partial charge in [-0.05, 0) is 43.5 Å². The van der Waals surface area contributed by atoms with Crippen LogP contribution in [0.25, 0.3) is 21.6 Å². The van der Waals surface area contributed by atoms with Gasteiger partial charge in [0, 0.05) is 17.8 Å². The van der Waals surface area contributed by atoms with Gasteiger partial charge in [0.2, 0.25) is 0 Å². The van der Waals surface area contributed by atoms with Crippen molar-refractivity contribution in [1.29, 1.82) is 0 Å². The first-order chi connectivity index (χ1) is 14.6. The van der Waals surface area contributed by atoms with Crippen LogP contribution in [0.1, 0.15) is 30.2 Å². The van der Waals surface area contributed by atoms with Gasteiger partial charge in [0.1, 0.15) is 13.2 Å². The van der Waals surface area contributed by atoms with E-state index in [1.54, 1.807) is 29.7 Å². The molecule has 1 N–H and O–H groups in total. The second-order valence-corrected chi connectivity index (χ2v) is 8.21. The van der Waals surface area contributed by atoms with Crippen molar-refractivity contribution in [3.05, 3.63) is 53.5 Å². The molecule has 30 heavy (non-hydrogen) atoms. The highest BCUT2D eigenvalue weighted by Gasteiger charge is 2.20. The highest BCUT2D eigenvalue weighted by molar-refractivity contribution is 7.13. The van der Waals surface area contributed by atoms with Gasteiger partial charge in [-0.2, -0.15) is 5.10 Å². The van der Waals surface area contributed by atoms with Crippen LogP contribution in [-0.4, -0.2) is 33.9 Å². The molecule has 152 valence electrons. The highest BCUT2D eigenvalue weighted by Crippen LogP contribution is 2.33. The zero-order valence-corrected chi connectivity index (χ0v) is 17.4. The molecule has 0 unspecified atom stereocenters. The Balaban J connectivity index is 1.56. The number of anilines is 1. The number of ether oxygens (including phenoxy) is 2. The molecule has 0 fully saturated rings. The number of aromatic nitrogens is 3. The van der Waals surface area contributed by atoms with E-state index in [9.17, 15) is 4.79 Å². The van der Waals surface area contributed by atoms with E-state index in [1.165, 1.54) is 0 Å². The number of amides is 1. The lowest BCUT2D eigenvalue weighted by molar-refractivity contribution is 0.102. The van der Waals surface area contributed by atoms with Crippen molar-refractivity contribution in [3.8, 4) is 22.1 Å². The first-order valence-corrected chi connectivity index (χ1v) is 10.6. The smallest absolute Gasteiger partial charge is 0.256 e. The Bertz CT molecular complexity index is 1230. The molecule has 0 atom stereocenters. The molecule has 1 aromatic carbocycles. The molecule has 4 heterocycles. The summed E-state index contributed by atoms with van der Waals surface area (Å²) in [6, 6.07) is 11.3. The number of hydrogen-bond acceptors (Lipinski definition) is 6. The molecular formula is C22H20N4O3S. The monoisotopic (exact) mass is 420 g/mol. The van der Waals surface area contributed by atoms with Crippen LogP contribution in [0.4, 0.5) is 5.69 Å². The summed E-state index contributed by atoms with van der Waals surface area (Å²) in [7, 11) is 0. The molecule has 0 spiro atoms. The van der Waals surface area contributed by atoms with E-state index >= 15 is 0 Å². The quantitative estimate of drug-likeness (QED) is 0.515. The molecule has 0 radical (unpaired) electrons. The van der Waals surface area contributed by atoms with Crippen LogP contribution in [0.5, 0.6) is 11.5 Å². The van der Waals surface area contributed by atoms with Crippen LogP contribution < -0.4 is 14.8 Å². The van der Waals surface area contributed by atoms with E-state index in [2.05, 4.69) is 10.4 Å². The Kier molecular flexibility index (Phi) is 4.63. The number of carbonyl (C=O) groups excluding carboxylic acids is 1. The van der Waals surface area contributed by atoms with Gasteiger partial charge in [-0.1, -0.05) is 6.07 Å². The largest absolute Gasteiger partial charge is 0.486 e. The zero-order valence-electron chi connectivity index (χ0n) is 16.6. The van der Waals surface area contributed by atoms with E-state index < -0.39 is 0 Å². The SMILES string of the molecule is CC(C)n1ncc2c(C(=O)Nc3ccc4c(c3)OCCO4)cc(-c3cccs3)nc21. The molecule has 3 aromatic heterocycles. The lowest BCUT2D eigenvalue weighted by atomic mass is 10.1. The van der Waals surface area contributed by atoms with Gasteiger partial charge >= 0.3 is 0 Å². The molecule has 5 rings (SSSR count). The van der Waals surface area contributed by atoms with E-state index in [4.69, 9.17) is 14.5 Å². The van der Waals surface area contributed by atoms with E-state index in [0.717, 1.165) is 16.0 Å². The molecular weight excluding hydrogens is 400 g/mol. The van der Waals surface area contributed by atoms with Crippen LogP contribution in [0.2, 0.25) is 0 Å². The number of nitrogens with one attached hydrogen (secondary N) is 1. The van der Waals surface area contributed by atoms with Crippen molar-refractivity contribution in [2.75, 3.05) is 18.5 Å². The van der Waals surface area contributed by atoms with Gasteiger partial charge in [-0.15, -0.1) is 11.3 Å². The number of fused-ring (bicyclic) bond motifs is 2. The summed E-state index contributed by atoms with van der Waals surface area (Å²) >= 11 is 1.59. The Labute approximate surface area is 177 Å². The van der Waals surface area contributed by atoms with Crippen molar-refractivity contribution in [3.63, 3.8) is 0 Å². The fourth-order valence-corrected chi connectivity index (χ4v) is 4.14. The van der Waals surface area contributed by atoms with Gasteiger partial charge in [0.05, 0.1) is 27.7 Å². The summed E-state index contributed by atoms with van der Waals surface area (Å²) in [5, 5.41) is 10.2. The number of pyridine rings is 1. The number of benzene rings is 1. The van der Waals surface area contributed by atoms with Gasteiger partial charge in [-0.25, -0.2) is 9.67 Å². The fraction of sp³-hybridized carbons (Fsp3) is 0.227. The number of rotatable bonds is 4. The number of nitrogens with zero attached hydrogens (tertiary/aromatic N) is 3. The molecule has 0 aliphatic carbocycles. The Morgan fingerprint density at radius 2 is 2.00 bits per heavy atom. The predicted molar refractivity (Wildman–Crippen MR) is 117 cm³/mol. The molecule has 1 aliphatic rings. The zero-order chi connectivity index (χ0) is 20.7. The lowest BCUT2D eigenvalue weighted by Crippen LogP contribution is -2.16. The molecule has 4 aromatic rings. The average Bonchev–Trinajstić information content (AvgIpc) is 3.43. The van der Waals surface area contributed by atoms with Crippen LogP contribution in [0.3, 0.4) is 0 Å².